The molecular weight excluding hydrogens is 149 g/mol. The summed E-state index contributed by atoms with van der Waals surface area (Å²) in [6, 6.07) is 0. The van der Waals surface area contributed by atoms with Crippen LogP contribution in [0, 0.1) is 12.9 Å². The Kier molecular flexibility index (Phi) is 1.80. The molecule has 0 saturated heterocycles. The van der Waals surface area contributed by atoms with Crippen LogP contribution in [0.2, 0.25) is 0 Å². The Labute approximate surface area is 62.3 Å². The summed E-state index contributed by atoms with van der Waals surface area (Å²) in [4.78, 5) is 17.4. The molecule has 0 aliphatic heterocycles. The first-order chi connectivity index (χ1) is 5.11. The number of nitrogens with two attached hydrogens (primary N) is 1. The van der Waals surface area contributed by atoms with Gasteiger partial charge in [0, 0.05) is 0 Å². The Bertz CT molecular complexity index is 300. The van der Waals surface area contributed by atoms with E-state index in [9.17, 15) is 9.18 Å². The van der Waals surface area contributed by atoms with Gasteiger partial charge in [-0.3, -0.25) is 9.78 Å². The molecular formula is C6H6FN3O. The van der Waals surface area contributed by atoms with Crippen molar-refractivity contribution in [3.8, 4) is 0 Å². The number of halogens is 1. The maximum Gasteiger partial charge on any atom is 0.269 e. The summed E-state index contributed by atoms with van der Waals surface area (Å²) in [6.45, 7) is 1.53. The molecule has 4 nitrogen and oxygen atoms in total. The van der Waals surface area contributed by atoms with Gasteiger partial charge in [-0.2, -0.15) is 4.39 Å². The van der Waals surface area contributed by atoms with Crippen LogP contribution in [-0.4, -0.2) is 15.9 Å². The molecule has 1 aromatic rings. The predicted molar refractivity (Wildman–Crippen MR) is 35.2 cm³/mol. The Hall–Kier alpha value is -1.52. The minimum absolute atomic E-state index is 0.120. The van der Waals surface area contributed by atoms with Gasteiger partial charge in [0.25, 0.3) is 5.91 Å². The normalized spacial score (nSPS) is 9.64. The molecule has 58 valence electrons. The smallest absolute Gasteiger partial charge is 0.269 e. The van der Waals surface area contributed by atoms with Crippen LogP contribution in [0.25, 0.3) is 0 Å². The van der Waals surface area contributed by atoms with Crippen molar-refractivity contribution in [2.75, 3.05) is 0 Å². The zero-order valence-electron chi connectivity index (χ0n) is 5.84. The maximum atomic E-state index is 12.3. The number of nitrogens with zero attached hydrogens (tertiary/aromatic N) is 2. The lowest BCUT2D eigenvalue weighted by atomic mass is 10.3. The zero-order valence-corrected chi connectivity index (χ0v) is 5.84. The SMILES string of the molecule is Cc1ncc(F)nc1C(N)=O. The summed E-state index contributed by atoms with van der Waals surface area (Å²) in [5, 5.41) is 0. The first-order valence-corrected chi connectivity index (χ1v) is 2.90. The summed E-state index contributed by atoms with van der Waals surface area (Å²) in [6.07, 6.45) is 0.932. The Balaban J connectivity index is 3.23. The summed E-state index contributed by atoms with van der Waals surface area (Å²) in [7, 11) is 0. The van der Waals surface area contributed by atoms with Crippen molar-refractivity contribution < 1.29 is 9.18 Å². The van der Waals surface area contributed by atoms with Crippen LogP contribution in [0.4, 0.5) is 4.39 Å². The van der Waals surface area contributed by atoms with Crippen molar-refractivity contribution in [3.05, 3.63) is 23.5 Å². The average Bonchev–Trinajstić information content (AvgIpc) is 1.94. The van der Waals surface area contributed by atoms with Gasteiger partial charge in [0.1, 0.15) is 0 Å². The van der Waals surface area contributed by atoms with Crippen LogP contribution < -0.4 is 5.73 Å². The number of amides is 1. The van der Waals surface area contributed by atoms with E-state index in [1.54, 1.807) is 0 Å². The van der Waals surface area contributed by atoms with Crippen molar-refractivity contribution >= 4 is 5.91 Å². The number of carbonyl (C=O) groups excluding carboxylic acids is 1. The van der Waals surface area contributed by atoms with Gasteiger partial charge in [-0.1, -0.05) is 0 Å². The van der Waals surface area contributed by atoms with Crippen LogP contribution in [0.1, 0.15) is 16.2 Å². The second kappa shape index (κ2) is 2.61. The highest BCUT2D eigenvalue weighted by Crippen LogP contribution is 1.99. The van der Waals surface area contributed by atoms with Crippen LogP contribution in [0.3, 0.4) is 0 Å². The Morgan fingerprint density at radius 1 is 1.73 bits per heavy atom. The Morgan fingerprint density at radius 2 is 2.36 bits per heavy atom. The summed E-state index contributed by atoms with van der Waals surface area (Å²) >= 11 is 0. The molecule has 1 amide bonds. The van der Waals surface area contributed by atoms with E-state index in [0.29, 0.717) is 5.69 Å². The number of carbonyl (C=O) groups is 1. The fraction of sp³-hybridized carbons (Fsp3) is 0.167. The molecule has 1 aromatic heterocycles. The number of rotatable bonds is 1. The van der Waals surface area contributed by atoms with E-state index < -0.39 is 11.9 Å². The van der Waals surface area contributed by atoms with Crippen LogP contribution in [0.15, 0.2) is 6.20 Å². The van der Waals surface area contributed by atoms with Gasteiger partial charge in [-0.15, -0.1) is 0 Å². The highest BCUT2D eigenvalue weighted by atomic mass is 19.1. The first kappa shape index (κ1) is 7.59. The molecule has 11 heavy (non-hydrogen) atoms. The zero-order chi connectivity index (χ0) is 8.43. The molecule has 0 bridgehead atoms. The van der Waals surface area contributed by atoms with Crippen LogP contribution in [0.5, 0.6) is 0 Å². The van der Waals surface area contributed by atoms with Gasteiger partial charge in [0.2, 0.25) is 5.95 Å². The molecule has 0 unspecified atom stereocenters. The van der Waals surface area contributed by atoms with Crippen molar-refractivity contribution in [2.24, 2.45) is 5.73 Å². The number of primary amides is 1. The second-order valence-electron chi connectivity index (χ2n) is 1.99. The lowest BCUT2D eigenvalue weighted by Gasteiger charge is -1.97. The van der Waals surface area contributed by atoms with Gasteiger partial charge in [-0.05, 0) is 6.92 Å². The fourth-order valence-corrected chi connectivity index (χ4v) is 0.661. The average molecular weight is 155 g/mol. The molecule has 0 spiro atoms. The molecule has 0 aliphatic carbocycles. The predicted octanol–water partition coefficient (Wildman–Crippen LogP) is 0.0230. The first-order valence-electron chi connectivity index (χ1n) is 2.90. The van der Waals surface area contributed by atoms with Crippen molar-refractivity contribution in [1.29, 1.82) is 0 Å². The lowest BCUT2D eigenvalue weighted by Crippen LogP contribution is -2.16. The van der Waals surface area contributed by atoms with Gasteiger partial charge >= 0.3 is 0 Å². The van der Waals surface area contributed by atoms with E-state index >= 15 is 0 Å². The van der Waals surface area contributed by atoms with Crippen molar-refractivity contribution in [3.63, 3.8) is 0 Å². The largest absolute Gasteiger partial charge is 0.364 e. The third-order valence-corrected chi connectivity index (χ3v) is 1.16. The molecule has 1 rings (SSSR count). The van der Waals surface area contributed by atoms with Gasteiger partial charge < -0.3 is 5.73 Å². The molecule has 2 N–H and O–H groups in total. The number of aromatic nitrogens is 2. The van der Waals surface area contributed by atoms with E-state index in [4.69, 9.17) is 5.73 Å². The summed E-state index contributed by atoms with van der Waals surface area (Å²) in [5.74, 6) is -1.57. The highest BCUT2D eigenvalue weighted by molar-refractivity contribution is 5.91. The topological polar surface area (TPSA) is 68.9 Å². The molecule has 1 heterocycles. The van der Waals surface area contributed by atoms with Crippen LogP contribution >= 0.6 is 0 Å². The highest BCUT2D eigenvalue weighted by Gasteiger charge is 2.08. The minimum atomic E-state index is -0.801. The fourth-order valence-electron chi connectivity index (χ4n) is 0.661. The van der Waals surface area contributed by atoms with E-state index in [-0.39, 0.29) is 5.69 Å². The van der Waals surface area contributed by atoms with Crippen molar-refractivity contribution in [1.82, 2.24) is 9.97 Å². The van der Waals surface area contributed by atoms with Gasteiger partial charge in [0.05, 0.1) is 11.9 Å². The minimum Gasteiger partial charge on any atom is -0.364 e. The summed E-state index contributed by atoms with van der Waals surface area (Å²) < 4.78 is 12.3. The maximum absolute atomic E-state index is 12.3. The summed E-state index contributed by atoms with van der Waals surface area (Å²) in [5.41, 5.74) is 5.09. The van der Waals surface area contributed by atoms with E-state index in [0.717, 1.165) is 6.20 Å². The van der Waals surface area contributed by atoms with Crippen molar-refractivity contribution in [2.45, 2.75) is 6.92 Å². The third kappa shape index (κ3) is 1.49. The van der Waals surface area contributed by atoms with E-state index in [2.05, 4.69) is 9.97 Å². The van der Waals surface area contributed by atoms with E-state index in [1.165, 1.54) is 6.92 Å². The van der Waals surface area contributed by atoms with Gasteiger partial charge in [0.15, 0.2) is 5.69 Å². The number of hydrogen-bond acceptors (Lipinski definition) is 3. The molecule has 0 aliphatic rings. The standard InChI is InChI=1S/C6H6FN3O/c1-3-5(6(8)11)10-4(7)2-9-3/h2H,1H3,(H2,8,11). The molecule has 0 radical (unpaired) electrons. The molecule has 0 fully saturated rings. The monoisotopic (exact) mass is 155 g/mol. The number of aryl methyl sites for hydroxylation is 1. The van der Waals surface area contributed by atoms with E-state index in [1.807, 2.05) is 0 Å². The molecule has 0 atom stereocenters. The molecule has 5 heteroatoms. The molecule has 0 aromatic carbocycles. The van der Waals surface area contributed by atoms with Crippen LogP contribution in [-0.2, 0) is 0 Å². The second-order valence-corrected chi connectivity index (χ2v) is 1.99. The third-order valence-electron chi connectivity index (χ3n) is 1.16. The molecule has 0 saturated carbocycles. The van der Waals surface area contributed by atoms with Gasteiger partial charge in [-0.25, -0.2) is 4.98 Å². The quantitative estimate of drug-likeness (QED) is 0.621. The number of hydrogen-bond donors (Lipinski definition) is 1. The Morgan fingerprint density at radius 3 is 2.82 bits per heavy atom. The lowest BCUT2D eigenvalue weighted by molar-refractivity contribution is 0.0993.